The Morgan fingerprint density at radius 2 is 1.71 bits per heavy atom. The van der Waals surface area contributed by atoms with Crippen molar-refractivity contribution in [2.75, 3.05) is 0 Å². The van der Waals surface area contributed by atoms with Gasteiger partial charge in [0.1, 0.15) is 0 Å². The number of hydrogen-bond acceptors (Lipinski definition) is 0. The van der Waals surface area contributed by atoms with Crippen molar-refractivity contribution >= 4 is 43.5 Å². The second-order valence-corrected chi connectivity index (χ2v) is 6.18. The molecule has 2 rings (SSSR count). The molecule has 0 aliphatic carbocycles. The molecule has 17 heavy (non-hydrogen) atoms. The number of benzene rings is 2. The van der Waals surface area contributed by atoms with Crippen molar-refractivity contribution in [3.05, 3.63) is 68.7 Å². The first-order valence-corrected chi connectivity index (χ1v) is 7.32. The number of aryl methyl sites for hydroxylation is 1. The summed E-state index contributed by atoms with van der Waals surface area (Å²) in [5.41, 5.74) is 3.55. The molecule has 0 saturated carbocycles. The first-order valence-electron chi connectivity index (χ1n) is 5.23. The summed E-state index contributed by atoms with van der Waals surface area (Å²) in [7, 11) is 0. The molecule has 2 aromatic rings. The van der Waals surface area contributed by atoms with Crippen LogP contribution in [0.2, 0.25) is 5.02 Å². The maximum absolute atomic E-state index is 6.25. The fourth-order valence-corrected chi connectivity index (χ4v) is 3.24. The van der Waals surface area contributed by atoms with E-state index in [1.54, 1.807) is 0 Å². The average molecular weight is 375 g/mol. The predicted octanol–water partition coefficient (Wildman–Crippen LogP) is 5.90. The van der Waals surface area contributed by atoms with Crippen molar-refractivity contribution in [3.63, 3.8) is 0 Å². The molecule has 0 aliphatic rings. The van der Waals surface area contributed by atoms with E-state index in [1.165, 1.54) is 11.1 Å². The van der Waals surface area contributed by atoms with Crippen LogP contribution in [0.4, 0.5) is 0 Å². The zero-order chi connectivity index (χ0) is 12.4. The summed E-state index contributed by atoms with van der Waals surface area (Å²) in [5.74, 6) is 0. The van der Waals surface area contributed by atoms with Crippen LogP contribution >= 0.6 is 43.5 Å². The highest BCUT2D eigenvalue weighted by Crippen LogP contribution is 2.36. The average Bonchev–Trinajstić information content (AvgIpc) is 2.29. The lowest BCUT2D eigenvalue weighted by Gasteiger charge is -2.13. The van der Waals surface area contributed by atoms with E-state index >= 15 is 0 Å². The molecular formula is C14H11Br2Cl. The van der Waals surface area contributed by atoms with Gasteiger partial charge < -0.3 is 0 Å². The van der Waals surface area contributed by atoms with Crippen molar-refractivity contribution in [3.8, 4) is 0 Å². The zero-order valence-electron chi connectivity index (χ0n) is 9.25. The van der Waals surface area contributed by atoms with Crippen LogP contribution < -0.4 is 0 Å². The molecule has 2 aromatic carbocycles. The molecule has 0 amide bonds. The Morgan fingerprint density at radius 3 is 2.29 bits per heavy atom. The smallest absolute Gasteiger partial charge is 0.0659 e. The Morgan fingerprint density at radius 1 is 1.06 bits per heavy atom. The van der Waals surface area contributed by atoms with Gasteiger partial charge in [-0.2, -0.15) is 0 Å². The van der Waals surface area contributed by atoms with Crippen molar-refractivity contribution in [1.29, 1.82) is 0 Å². The third-order valence-electron chi connectivity index (χ3n) is 2.61. The minimum Gasteiger partial charge on any atom is -0.0839 e. The Bertz CT molecular complexity index is 520. The maximum Gasteiger partial charge on any atom is 0.0659 e. The molecule has 0 N–H and O–H groups in total. The van der Waals surface area contributed by atoms with Crippen LogP contribution in [0.15, 0.2) is 46.9 Å². The minimum atomic E-state index is 0.128. The summed E-state index contributed by atoms with van der Waals surface area (Å²) in [6, 6.07) is 14.4. The normalized spacial score (nSPS) is 12.5. The molecule has 0 fully saturated rings. The largest absolute Gasteiger partial charge is 0.0839 e. The van der Waals surface area contributed by atoms with Crippen LogP contribution in [-0.2, 0) is 0 Å². The molecule has 0 radical (unpaired) electrons. The molecule has 0 aromatic heterocycles. The lowest BCUT2D eigenvalue weighted by molar-refractivity contribution is 1.17. The van der Waals surface area contributed by atoms with Gasteiger partial charge in [0.25, 0.3) is 0 Å². The third-order valence-corrected chi connectivity index (χ3v) is 4.45. The third kappa shape index (κ3) is 3.12. The molecule has 0 saturated heterocycles. The second-order valence-electron chi connectivity index (χ2n) is 3.94. The van der Waals surface area contributed by atoms with Gasteiger partial charge in [0.15, 0.2) is 0 Å². The molecule has 3 heteroatoms. The van der Waals surface area contributed by atoms with Gasteiger partial charge in [0.2, 0.25) is 0 Å². The standard InChI is InChI=1S/C14H11Br2Cl/c1-9-2-4-10(5-3-9)14(16)12-7-6-11(15)8-13(12)17/h2-8,14H,1H3. The van der Waals surface area contributed by atoms with E-state index in [9.17, 15) is 0 Å². The molecular weight excluding hydrogens is 363 g/mol. The molecule has 0 aliphatic heterocycles. The van der Waals surface area contributed by atoms with Crippen molar-refractivity contribution in [2.24, 2.45) is 0 Å². The van der Waals surface area contributed by atoms with Crippen LogP contribution in [-0.4, -0.2) is 0 Å². The van der Waals surface area contributed by atoms with Crippen LogP contribution in [0, 0.1) is 6.92 Å². The van der Waals surface area contributed by atoms with E-state index in [2.05, 4.69) is 63.0 Å². The summed E-state index contributed by atoms with van der Waals surface area (Å²) < 4.78 is 0.995. The lowest BCUT2D eigenvalue weighted by atomic mass is 10.0. The van der Waals surface area contributed by atoms with Crippen molar-refractivity contribution in [1.82, 2.24) is 0 Å². The van der Waals surface area contributed by atoms with Crippen LogP contribution in [0.5, 0.6) is 0 Å². The molecule has 88 valence electrons. The molecule has 1 unspecified atom stereocenters. The summed E-state index contributed by atoms with van der Waals surface area (Å²) in [6.07, 6.45) is 0. The van der Waals surface area contributed by atoms with Crippen molar-refractivity contribution in [2.45, 2.75) is 11.8 Å². The van der Waals surface area contributed by atoms with Gasteiger partial charge in [-0.25, -0.2) is 0 Å². The molecule has 0 bridgehead atoms. The highest BCUT2D eigenvalue weighted by atomic mass is 79.9. The van der Waals surface area contributed by atoms with Gasteiger partial charge in [-0.3, -0.25) is 0 Å². The van der Waals surface area contributed by atoms with Gasteiger partial charge in [0.05, 0.1) is 4.83 Å². The van der Waals surface area contributed by atoms with E-state index in [4.69, 9.17) is 11.6 Å². The Hall–Kier alpha value is -0.310. The first kappa shape index (κ1) is 13.1. The van der Waals surface area contributed by atoms with E-state index < -0.39 is 0 Å². The quantitative estimate of drug-likeness (QED) is 0.575. The monoisotopic (exact) mass is 372 g/mol. The Balaban J connectivity index is 2.36. The predicted molar refractivity (Wildman–Crippen MR) is 81.1 cm³/mol. The fraction of sp³-hybridized carbons (Fsp3) is 0.143. The summed E-state index contributed by atoms with van der Waals surface area (Å²) in [5, 5.41) is 0.766. The number of alkyl halides is 1. The van der Waals surface area contributed by atoms with E-state index in [0.717, 1.165) is 15.1 Å². The Labute approximate surface area is 123 Å². The molecule has 0 heterocycles. The second kappa shape index (κ2) is 5.55. The summed E-state index contributed by atoms with van der Waals surface area (Å²) in [4.78, 5) is 0.128. The van der Waals surface area contributed by atoms with Crippen LogP contribution in [0.1, 0.15) is 21.5 Å². The summed E-state index contributed by atoms with van der Waals surface area (Å²) in [6.45, 7) is 2.08. The lowest BCUT2D eigenvalue weighted by Crippen LogP contribution is -1.93. The Kier molecular flexibility index (Phi) is 4.29. The summed E-state index contributed by atoms with van der Waals surface area (Å²) >= 11 is 13.4. The van der Waals surface area contributed by atoms with Gasteiger partial charge >= 0.3 is 0 Å². The van der Waals surface area contributed by atoms with Gasteiger partial charge in [-0.15, -0.1) is 0 Å². The van der Waals surface area contributed by atoms with Crippen LogP contribution in [0.3, 0.4) is 0 Å². The number of hydrogen-bond donors (Lipinski definition) is 0. The fourth-order valence-electron chi connectivity index (χ4n) is 1.62. The van der Waals surface area contributed by atoms with E-state index in [0.29, 0.717) is 0 Å². The minimum absolute atomic E-state index is 0.128. The zero-order valence-corrected chi connectivity index (χ0v) is 13.2. The topological polar surface area (TPSA) is 0 Å². The molecule has 0 nitrogen and oxygen atoms in total. The number of halogens is 3. The van der Waals surface area contributed by atoms with E-state index in [-0.39, 0.29) is 4.83 Å². The van der Waals surface area contributed by atoms with Gasteiger partial charge in [-0.1, -0.05) is 79.4 Å². The van der Waals surface area contributed by atoms with Crippen molar-refractivity contribution < 1.29 is 0 Å². The van der Waals surface area contributed by atoms with E-state index in [1.807, 2.05) is 18.2 Å². The van der Waals surface area contributed by atoms with Crippen LogP contribution in [0.25, 0.3) is 0 Å². The highest BCUT2D eigenvalue weighted by Gasteiger charge is 2.13. The number of rotatable bonds is 2. The maximum atomic E-state index is 6.25. The van der Waals surface area contributed by atoms with Gasteiger partial charge in [-0.05, 0) is 30.2 Å². The highest BCUT2D eigenvalue weighted by molar-refractivity contribution is 9.10. The molecule has 1 atom stereocenters. The van der Waals surface area contributed by atoms with Gasteiger partial charge in [0, 0.05) is 9.50 Å². The first-order chi connectivity index (χ1) is 8.08. The SMILES string of the molecule is Cc1ccc(C(Br)c2ccc(Br)cc2Cl)cc1. The molecule has 0 spiro atoms.